The fraction of sp³-hybridized carbons (Fsp3) is 0. The SMILES string of the molecule is O=C(O)c1ccn(-c2c(Cl)cccc2[N+](=O)[O-])n1. The lowest BCUT2D eigenvalue weighted by Gasteiger charge is -2.04. The van der Waals surface area contributed by atoms with Gasteiger partial charge in [-0.25, -0.2) is 9.48 Å². The molecule has 0 amide bonds. The predicted octanol–water partition coefficient (Wildman–Crippen LogP) is 2.13. The zero-order valence-corrected chi connectivity index (χ0v) is 9.53. The number of hydrogen-bond donors (Lipinski definition) is 1. The number of aromatic carboxylic acids is 1. The first kappa shape index (κ1) is 12.1. The van der Waals surface area contributed by atoms with Gasteiger partial charge >= 0.3 is 5.97 Å². The Balaban J connectivity index is 2.62. The number of carboxylic acid groups (broad SMARTS) is 1. The zero-order valence-electron chi connectivity index (χ0n) is 8.78. The third kappa shape index (κ3) is 2.03. The number of nitro benzene ring substituents is 1. The lowest BCUT2D eigenvalue weighted by molar-refractivity contribution is -0.384. The molecule has 0 saturated heterocycles. The molecule has 7 nitrogen and oxygen atoms in total. The van der Waals surface area contributed by atoms with Crippen LogP contribution >= 0.6 is 11.6 Å². The highest BCUT2D eigenvalue weighted by atomic mass is 35.5. The summed E-state index contributed by atoms with van der Waals surface area (Å²) in [5.74, 6) is -1.22. The maximum Gasteiger partial charge on any atom is 0.356 e. The average Bonchev–Trinajstić information content (AvgIpc) is 2.77. The van der Waals surface area contributed by atoms with E-state index in [-0.39, 0.29) is 22.1 Å². The number of carboxylic acids is 1. The Bertz CT molecular complexity index is 638. The molecule has 0 unspecified atom stereocenters. The number of para-hydroxylation sites is 1. The van der Waals surface area contributed by atoms with Gasteiger partial charge in [0.25, 0.3) is 5.69 Å². The van der Waals surface area contributed by atoms with Crippen molar-refractivity contribution in [2.75, 3.05) is 0 Å². The number of hydrogen-bond acceptors (Lipinski definition) is 4. The van der Waals surface area contributed by atoms with Gasteiger partial charge in [0.2, 0.25) is 0 Å². The summed E-state index contributed by atoms with van der Waals surface area (Å²) in [6.07, 6.45) is 1.30. The minimum Gasteiger partial charge on any atom is -0.476 e. The van der Waals surface area contributed by atoms with E-state index in [9.17, 15) is 14.9 Å². The fourth-order valence-corrected chi connectivity index (χ4v) is 1.70. The molecule has 2 rings (SSSR count). The first-order valence-corrected chi connectivity index (χ1v) is 5.10. The second-order valence-corrected chi connectivity index (χ2v) is 3.72. The van der Waals surface area contributed by atoms with Crippen LogP contribution in [0.15, 0.2) is 30.5 Å². The first-order chi connectivity index (χ1) is 8.50. The van der Waals surface area contributed by atoms with Gasteiger partial charge in [0.1, 0.15) is 0 Å². The highest BCUT2D eigenvalue weighted by molar-refractivity contribution is 6.32. The zero-order chi connectivity index (χ0) is 13.3. The molecule has 18 heavy (non-hydrogen) atoms. The van der Waals surface area contributed by atoms with Gasteiger partial charge in [-0.05, 0) is 12.1 Å². The van der Waals surface area contributed by atoms with Crippen LogP contribution in [0.2, 0.25) is 5.02 Å². The molecule has 1 aromatic carbocycles. The summed E-state index contributed by atoms with van der Waals surface area (Å²) in [5.41, 5.74) is -0.427. The van der Waals surface area contributed by atoms with Crippen LogP contribution in [0.1, 0.15) is 10.5 Å². The molecule has 8 heteroatoms. The molecule has 0 fully saturated rings. The van der Waals surface area contributed by atoms with E-state index in [1.54, 1.807) is 0 Å². The molecule has 1 N–H and O–H groups in total. The van der Waals surface area contributed by atoms with Crippen LogP contribution in [-0.2, 0) is 0 Å². The summed E-state index contributed by atoms with van der Waals surface area (Å²) in [5, 5.41) is 23.5. The number of aromatic nitrogens is 2. The molecule has 0 saturated carbocycles. The molecule has 0 aliphatic carbocycles. The van der Waals surface area contributed by atoms with Gasteiger partial charge in [-0.15, -0.1) is 0 Å². The van der Waals surface area contributed by atoms with Crippen LogP contribution < -0.4 is 0 Å². The summed E-state index contributed by atoms with van der Waals surface area (Å²) < 4.78 is 1.07. The van der Waals surface area contributed by atoms with E-state index in [2.05, 4.69) is 5.10 Å². The number of carbonyl (C=O) groups is 1. The van der Waals surface area contributed by atoms with E-state index in [1.165, 1.54) is 30.5 Å². The van der Waals surface area contributed by atoms with Gasteiger partial charge in [-0.3, -0.25) is 10.1 Å². The Morgan fingerprint density at radius 3 is 2.72 bits per heavy atom. The van der Waals surface area contributed by atoms with Crippen molar-refractivity contribution in [2.24, 2.45) is 0 Å². The number of nitrogens with zero attached hydrogens (tertiary/aromatic N) is 3. The largest absolute Gasteiger partial charge is 0.476 e. The van der Waals surface area contributed by atoms with E-state index < -0.39 is 10.9 Å². The van der Waals surface area contributed by atoms with Crippen LogP contribution in [0.5, 0.6) is 0 Å². The summed E-state index contributed by atoms with van der Waals surface area (Å²) in [6.45, 7) is 0. The number of halogens is 1. The molecule has 1 heterocycles. The molecule has 0 radical (unpaired) electrons. The quantitative estimate of drug-likeness (QED) is 0.678. The molecule has 2 aromatic rings. The number of nitro groups is 1. The maximum absolute atomic E-state index is 10.9. The van der Waals surface area contributed by atoms with E-state index in [1.807, 2.05) is 0 Å². The Kier molecular flexibility index (Phi) is 2.99. The Labute approximate surface area is 105 Å². The van der Waals surface area contributed by atoms with Crippen molar-refractivity contribution >= 4 is 23.3 Å². The van der Waals surface area contributed by atoms with Gasteiger partial charge in [0, 0.05) is 12.3 Å². The Hall–Kier alpha value is -2.41. The van der Waals surface area contributed by atoms with Crippen molar-refractivity contribution in [3.05, 3.63) is 51.3 Å². The van der Waals surface area contributed by atoms with Gasteiger partial charge in [-0.2, -0.15) is 5.10 Å². The van der Waals surface area contributed by atoms with Crippen molar-refractivity contribution in [1.29, 1.82) is 0 Å². The summed E-state index contributed by atoms with van der Waals surface area (Å²) in [4.78, 5) is 21.0. The Morgan fingerprint density at radius 2 is 2.17 bits per heavy atom. The smallest absolute Gasteiger partial charge is 0.356 e. The molecule has 0 aliphatic rings. The Morgan fingerprint density at radius 1 is 1.44 bits per heavy atom. The van der Waals surface area contributed by atoms with E-state index in [0.717, 1.165) is 4.68 Å². The molecule has 0 spiro atoms. The van der Waals surface area contributed by atoms with Crippen LogP contribution in [0, 0.1) is 10.1 Å². The van der Waals surface area contributed by atoms with Crippen molar-refractivity contribution < 1.29 is 14.8 Å². The summed E-state index contributed by atoms with van der Waals surface area (Å²) >= 11 is 5.88. The number of benzene rings is 1. The van der Waals surface area contributed by atoms with Gasteiger partial charge in [0.05, 0.1) is 9.95 Å². The van der Waals surface area contributed by atoms with Gasteiger partial charge in [0.15, 0.2) is 11.4 Å². The first-order valence-electron chi connectivity index (χ1n) is 4.73. The van der Waals surface area contributed by atoms with E-state index in [4.69, 9.17) is 16.7 Å². The average molecular weight is 268 g/mol. The molecule has 92 valence electrons. The van der Waals surface area contributed by atoms with Crippen molar-refractivity contribution in [3.8, 4) is 5.69 Å². The van der Waals surface area contributed by atoms with Crippen molar-refractivity contribution in [1.82, 2.24) is 9.78 Å². The topological polar surface area (TPSA) is 98.3 Å². The lowest BCUT2D eigenvalue weighted by Crippen LogP contribution is -2.04. The molecular weight excluding hydrogens is 262 g/mol. The highest BCUT2D eigenvalue weighted by Gasteiger charge is 2.20. The summed E-state index contributed by atoms with van der Waals surface area (Å²) in [6, 6.07) is 5.40. The number of rotatable bonds is 3. The lowest BCUT2D eigenvalue weighted by atomic mass is 10.2. The minimum atomic E-state index is -1.22. The second kappa shape index (κ2) is 4.46. The molecule has 0 aliphatic heterocycles. The fourth-order valence-electron chi connectivity index (χ4n) is 1.44. The molecular formula is C10H6ClN3O4. The van der Waals surface area contributed by atoms with Crippen molar-refractivity contribution in [2.45, 2.75) is 0 Å². The normalized spacial score (nSPS) is 10.3. The maximum atomic E-state index is 10.9. The minimum absolute atomic E-state index is 0.0386. The molecule has 1 aromatic heterocycles. The molecule has 0 bridgehead atoms. The van der Waals surface area contributed by atoms with Crippen molar-refractivity contribution in [3.63, 3.8) is 0 Å². The van der Waals surface area contributed by atoms with Crippen LogP contribution in [0.4, 0.5) is 5.69 Å². The third-order valence-electron chi connectivity index (χ3n) is 2.20. The van der Waals surface area contributed by atoms with Gasteiger partial charge in [-0.1, -0.05) is 17.7 Å². The van der Waals surface area contributed by atoms with E-state index in [0.29, 0.717) is 0 Å². The van der Waals surface area contributed by atoms with Gasteiger partial charge < -0.3 is 5.11 Å². The van der Waals surface area contributed by atoms with E-state index >= 15 is 0 Å². The monoisotopic (exact) mass is 267 g/mol. The second-order valence-electron chi connectivity index (χ2n) is 3.32. The summed E-state index contributed by atoms with van der Waals surface area (Å²) in [7, 11) is 0. The van der Waals surface area contributed by atoms with Crippen LogP contribution in [-0.4, -0.2) is 25.8 Å². The third-order valence-corrected chi connectivity index (χ3v) is 2.50. The standard InChI is InChI=1S/C10H6ClN3O4/c11-6-2-1-3-8(14(17)18)9(6)13-5-4-7(12-13)10(15)16/h1-5H,(H,15,16). The van der Waals surface area contributed by atoms with Crippen LogP contribution in [0.25, 0.3) is 5.69 Å². The highest BCUT2D eigenvalue weighted by Crippen LogP contribution is 2.29. The predicted molar refractivity (Wildman–Crippen MR) is 62.2 cm³/mol. The molecule has 0 atom stereocenters. The van der Waals surface area contributed by atoms with Crippen LogP contribution in [0.3, 0.4) is 0 Å².